The van der Waals surface area contributed by atoms with E-state index >= 15 is 0 Å². The van der Waals surface area contributed by atoms with E-state index in [1.54, 1.807) is 27.4 Å². The number of hydrogen-bond donors (Lipinski definition) is 1. The molecule has 7 nitrogen and oxygen atoms in total. The molecule has 7 heteroatoms. The van der Waals surface area contributed by atoms with Crippen molar-refractivity contribution in [3.8, 4) is 34.4 Å². The third-order valence-electron chi connectivity index (χ3n) is 4.87. The third kappa shape index (κ3) is 2.94. The summed E-state index contributed by atoms with van der Waals surface area (Å²) in [5.41, 5.74) is 3.39. The van der Waals surface area contributed by atoms with Crippen LogP contribution in [0.5, 0.6) is 23.1 Å². The number of aromatic amines is 1. The van der Waals surface area contributed by atoms with Crippen LogP contribution >= 0.6 is 0 Å². The number of H-pyrrole nitrogens is 1. The van der Waals surface area contributed by atoms with Gasteiger partial charge in [0, 0.05) is 17.5 Å². The first kappa shape index (κ1) is 17.9. The second-order valence-corrected chi connectivity index (χ2v) is 6.36. The lowest BCUT2D eigenvalue weighted by Crippen LogP contribution is -2.21. The molecule has 1 aliphatic heterocycles. The van der Waals surface area contributed by atoms with E-state index in [0.29, 0.717) is 17.2 Å². The highest BCUT2D eigenvalue weighted by atomic mass is 16.5. The van der Waals surface area contributed by atoms with Gasteiger partial charge in [-0.1, -0.05) is 30.3 Å². The molecule has 144 valence electrons. The first-order valence-electron chi connectivity index (χ1n) is 8.80. The van der Waals surface area contributed by atoms with Crippen molar-refractivity contribution < 1.29 is 23.7 Å². The lowest BCUT2D eigenvalue weighted by molar-refractivity contribution is -0.135. The highest BCUT2D eigenvalue weighted by Crippen LogP contribution is 2.47. The Hall–Kier alpha value is -3.48. The van der Waals surface area contributed by atoms with Crippen LogP contribution in [0.25, 0.3) is 11.3 Å². The summed E-state index contributed by atoms with van der Waals surface area (Å²) in [6, 6.07) is 13.4. The summed E-state index contributed by atoms with van der Waals surface area (Å²) < 4.78 is 21.8. The van der Waals surface area contributed by atoms with Gasteiger partial charge in [-0.15, -0.1) is 5.10 Å². The Kier molecular flexibility index (Phi) is 4.65. The van der Waals surface area contributed by atoms with Crippen molar-refractivity contribution >= 4 is 5.97 Å². The number of ether oxygens (including phenoxy) is 4. The van der Waals surface area contributed by atoms with Gasteiger partial charge in [0.05, 0.1) is 39.0 Å². The Balaban J connectivity index is 1.91. The molecule has 0 amide bonds. The summed E-state index contributed by atoms with van der Waals surface area (Å²) in [7, 11) is 4.72. The van der Waals surface area contributed by atoms with Crippen LogP contribution in [0.1, 0.15) is 23.5 Å². The summed E-state index contributed by atoms with van der Waals surface area (Å²) >= 11 is 0. The van der Waals surface area contributed by atoms with Gasteiger partial charge >= 0.3 is 5.97 Å². The third-order valence-corrected chi connectivity index (χ3v) is 4.87. The zero-order valence-corrected chi connectivity index (χ0v) is 15.8. The van der Waals surface area contributed by atoms with E-state index in [0.717, 1.165) is 22.4 Å². The maximum absolute atomic E-state index is 12.3. The molecule has 0 radical (unpaired) electrons. The number of benzene rings is 2. The molecule has 0 fully saturated rings. The Bertz CT molecular complexity index is 1010. The maximum Gasteiger partial charge on any atom is 0.313 e. The number of hydrogen-bond acceptors (Lipinski definition) is 6. The molecule has 1 atom stereocenters. The predicted octanol–water partition coefficient (Wildman–Crippen LogP) is 3.54. The number of nitrogens with zero attached hydrogens (tertiary/aromatic N) is 1. The molecule has 0 aliphatic carbocycles. The van der Waals surface area contributed by atoms with Crippen LogP contribution in [0.2, 0.25) is 0 Å². The normalized spacial score (nSPS) is 15.5. The van der Waals surface area contributed by atoms with Crippen molar-refractivity contribution in [3.05, 3.63) is 53.6 Å². The average Bonchev–Trinajstić information content (AvgIpc) is 3.16. The number of rotatable bonds is 5. The molecular weight excluding hydrogens is 360 g/mol. The number of methoxy groups -OCH3 is 3. The van der Waals surface area contributed by atoms with Crippen LogP contribution in [0.3, 0.4) is 0 Å². The lowest BCUT2D eigenvalue weighted by atomic mass is 9.85. The zero-order valence-electron chi connectivity index (χ0n) is 15.8. The fraction of sp³-hybridized carbons (Fsp3) is 0.238. The van der Waals surface area contributed by atoms with Gasteiger partial charge in [0.25, 0.3) is 0 Å². The Morgan fingerprint density at radius 1 is 1.00 bits per heavy atom. The molecule has 0 saturated carbocycles. The fourth-order valence-corrected chi connectivity index (χ4v) is 3.57. The minimum Gasteiger partial charge on any atom is -0.496 e. The van der Waals surface area contributed by atoms with Crippen LogP contribution in [0, 0.1) is 0 Å². The van der Waals surface area contributed by atoms with Gasteiger partial charge in [-0.25, -0.2) is 0 Å². The Labute approximate surface area is 162 Å². The summed E-state index contributed by atoms with van der Waals surface area (Å²) in [6.45, 7) is 0. The Morgan fingerprint density at radius 2 is 1.68 bits per heavy atom. The van der Waals surface area contributed by atoms with E-state index in [-0.39, 0.29) is 24.2 Å². The van der Waals surface area contributed by atoms with Gasteiger partial charge in [-0.3, -0.25) is 9.89 Å². The van der Waals surface area contributed by atoms with Gasteiger partial charge in [0.15, 0.2) is 11.5 Å². The number of carbonyl (C=O) groups excluding carboxylic acids is 1. The molecule has 4 rings (SSSR count). The fourth-order valence-electron chi connectivity index (χ4n) is 3.57. The standard InChI is InChI=1S/C21H20N2O5/c1-25-15-11-17(27-3)16(26-2)9-13(15)14-10-18(24)28-21-19(14)20(22-23-21)12-7-5-4-6-8-12/h4-9,11,14H,10H2,1-3H3,(H,22,23)/t14-/m0/s1. The molecule has 1 aliphatic rings. The van der Waals surface area contributed by atoms with Gasteiger partial charge in [-0.2, -0.15) is 0 Å². The molecule has 1 aromatic heterocycles. The topological polar surface area (TPSA) is 82.7 Å². The van der Waals surface area contributed by atoms with Gasteiger partial charge < -0.3 is 18.9 Å². The second-order valence-electron chi connectivity index (χ2n) is 6.36. The second kappa shape index (κ2) is 7.26. The van der Waals surface area contributed by atoms with Crippen LogP contribution in [-0.2, 0) is 4.79 Å². The number of aromatic nitrogens is 2. The first-order valence-corrected chi connectivity index (χ1v) is 8.80. The maximum atomic E-state index is 12.3. The predicted molar refractivity (Wildman–Crippen MR) is 102 cm³/mol. The monoisotopic (exact) mass is 380 g/mol. The summed E-state index contributed by atoms with van der Waals surface area (Å²) in [5.74, 6) is 1.35. The number of nitrogens with one attached hydrogen (secondary N) is 1. The molecule has 28 heavy (non-hydrogen) atoms. The quantitative estimate of drug-likeness (QED) is 0.682. The van der Waals surface area contributed by atoms with Crippen LogP contribution in [-0.4, -0.2) is 37.5 Å². The SMILES string of the molecule is COc1cc(OC)c([C@@H]2CC(=O)Oc3n[nH]c(-c4ccccc4)c32)cc1OC. The van der Waals surface area contributed by atoms with E-state index in [2.05, 4.69) is 10.2 Å². The van der Waals surface area contributed by atoms with Gasteiger partial charge in [0.2, 0.25) is 5.88 Å². The minimum atomic E-state index is -0.347. The Morgan fingerprint density at radius 3 is 2.36 bits per heavy atom. The van der Waals surface area contributed by atoms with Crippen molar-refractivity contribution in [2.45, 2.75) is 12.3 Å². The molecule has 0 spiro atoms. The molecule has 2 aromatic carbocycles. The van der Waals surface area contributed by atoms with Crippen LogP contribution in [0.15, 0.2) is 42.5 Å². The average molecular weight is 380 g/mol. The van der Waals surface area contributed by atoms with E-state index in [1.165, 1.54) is 0 Å². The van der Waals surface area contributed by atoms with Crippen molar-refractivity contribution in [3.63, 3.8) is 0 Å². The summed E-state index contributed by atoms with van der Waals surface area (Å²) in [5, 5.41) is 7.24. The van der Waals surface area contributed by atoms with E-state index < -0.39 is 0 Å². The molecule has 2 heterocycles. The number of carbonyl (C=O) groups is 1. The summed E-state index contributed by atoms with van der Waals surface area (Å²) in [6.07, 6.45) is 0.165. The largest absolute Gasteiger partial charge is 0.496 e. The highest BCUT2D eigenvalue weighted by Gasteiger charge is 2.36. The minimum absolute atomic E-state index is 0.165. The van der Waals surface area contributed by atoms with Gasteiger partial charge in [-0.05, 0) is 11.6 Å². The van der Waals surface area contributed by atoms with Crippen molar-refractivity contribution in [2.24, 2.45) is 0 Å². The van der Waals surface area contributed by atoms with Crippen molar-refractivity contribution in [1.82, 2.24) is 10.2 Å². The highest BCUT2D eigenvalue weighted by molar-refractivity contribution is 5.81. The molecule has 0 saturated heterocycles. The molecular formula is C21H20N2O5. The molecule has 3 aromatic rings. The molecule has 0 bridgehead atoms. The van der Waals surface area contributed by atoms with E-state index in [9.17, 15) is 4.79 Å². The van der Waals surface area contributed by atoms with Gasteiger partial charge in [0.1, 0.15) is 5.75 Å². The van der Waals surface area contributed by atoms with E-state index in [4.69, 9.17) is 18.9 Å². The van der Waals surface area contributed by atoms with E-state index in [1.807, 2.05) is 36.4 Å². The van der Waals surface area contributed by atoms with Crippen molar-refractivity contribution in [2.75, 3.05) is 21.3 Å². The smallest absolute Gasteiger partial charge is 0.313 e. The molecule has 0 unspecified atom stereocenters. The van der Waals surface area contributed by atoms with Crippen molar-refractivity contribution in [1.29, 1.82) is 0 Å². The lowest BCUT2D eigenvalue weighted by Gasteiger charge is -2.25. The van der Waals surface area contributed by atoms with Crippen LogP contribution < -0.4 is 18.9 Å². The number of fused-ring (bicyclic) bond motifs is 1. The van der Waals surface area contributed by atoms with Crippen LogP contribution in [0.4, 0.5) is 0 Å². The zero-order chi connectivity index (χ0) is 19.7. The number of esters is 1. The molecule has 1 N–H and O–H groups in total. The first-order chi connectivity index (χ1) is 13.7. The summed E-state index contributed by atoms with van der Waals surface area (Å²) in [4.78, 5) is 12.3.